The summed E-state index contributed by atoms with van der Waals surface area (Å²) in [6, 6.07) is 6.71. The molecule has 1 saturated carbocycles. The van der Waals surface area contributed by atoms with Crippen LogP contribution in [0.3, 0.4) is 0 Å². The molecule has 1 unspecified atom stereocenters. The number of hydrogen-bond acceptors (Lipinski definition) is 2. The number of nitrogens with one attached hydrogen (secondary N) is 1. The van der Waals surface area contributed by atoms with E-state index in [2.05, 4.69) is 22.3 Å². The molecule has 126 valence electrons. The summed E-state index contributed by atoms with van der Waals surface area (Å²) in [5.74, 6) is 1.01. The van der Waals surface area contributed by atoms with Crippen molar-refractivity contribution < 1.29 is 4.79 Å². The van der Waals surface area contributed by atoms with Gasteiger partial charge in [-0.2, -0.15) is 0 Å². The molecule has 1 amide bonds. The van der Waals surface area contributed by atoms with Gasteiger partial charge in [0.25, 0.3) is 5.91 Å². The second kappa shape index (κ2) is 7.12. The van der Waals surface area contributed by atoms with Crippen LogP contribution in [0.15, 0.2) is 18.2 Å². The Balaban J connectivity index is 0.00000156. The predicted octanol–water partition coefficient (Wildman–Crippen LogP) is 4.26. The molecule has 1 aromatic rings. The normalized spacial score (nSPS) is 24.0. The number of carbonyl (C=O) groups is 1. The van der Waals surface area contributed by atoms with Gasteiger partial charge in [-0.15, -0.1) is 12.4 Å². The first-order valence-corrected chi connectivity index (χ1v) is 9.01. The minimum absolute atomic E-state index is 0. The fourth-order valence-electron chi connectivity index (χ4n) is 4.66. The van der Waals surface area contributed by atoms with Crippen molar-refractivity contribution in [1.29, 1.82) is 0 Å². The molecule has 1 saturated heterocycles. The number of anilines is 1. The third kappa shape index (κ3) is 3.21. The number of likely N-dealkylation sites (tertiary alicyclic amines) is 1. The second-order valence-corrected chi connectivity index (χ2v) is 7.15. The van der Waals surface area contributed by atoms with Gasteiger partial charge in [0.05, 0.1) is 0 Å². The van der Waals surface area contributed by atoms with Crippen LogP contribution in [0.5, 0.6) is 0 Å². The standard InChI is InChI=1S/C19H26N2O.ClH/c22-19(16-8-9-17-15(13-16)10-11-20-17)21-12-4-7-18(21)14-5-2-1-3-6-14;/h8-9,13-14,18,20H,1-7,10-12H2;1H. The molecule has 2 fully saturated rings. The van der Waals surface area contributed by atoms with Crippen molar-refractivity contribution in [2.45, 2.75) is 57.4 Å². The molecule has 1 aromatic carbocycles. The van der Waals surface area contributed by atoms with Gasteiger partial charge in [-0.1, -0.05) is 19.3 Å². The van der Waals surface area contributed by atoms with Crippen LogP contribution in [-0.4, -0.2) is 29.9 Å². The lowest BCUT2D eigenvalue weighted by atomic mass is 9.83. The van der Waals surface area contributed by atoms with Crippen molar-refractivity contribution in [3.63, 3.8) is 0 Å². The highest BCUT2D eigenvalue weighted by Gasteiger charge is 2.35. The van der Waals surface area contributed by atoms with Gasteiger partial charge >= 0.3 is 0 Å². The number of rotatable bonds is 2. The van der Waals surface area contributed by atoms with E-state index in [1.807, 2.05) is 6.07 Å². The predicted molar refractivity (Wildman–Crippen MR) is 96.5 cm³/mol. The van der Waals surface area contributed by atoms with E-state index >= 15 is 0 Å². The molecule has 2 heterocycles. The van der Waals surface area contributed by atoms with E-state index < -0.39 is 0 Å². The molecule has 1 aliphatic carbocycles. The molecular formula is C19H27ClN2O. The fourth-order valence-corrected chi connectivity index (χ4v) is 4.66. The van der Waals surface area contributed by atoms with Crippen molar-refractivity contribution in [2.24, 2.45) is 5.92 Å². The number of benzene rings is 1. The molecule has 4 heteroatoms. The van der Waals surface area contributed by atoms with Crippen molar-refractivity contribution in [3.05, 3.63) is 29.3 Å². The molecule has 23 heavy (non-hydrogen) atoms. The van der Waals surface area contributed by atoms with Gasteiger partial charge in [0, 0.05) is 30.4 Å². The number of nitrogens with zero attached hydrogens (tertiary/aromatic N) is 1. The Bertz CT molecular complexity index is 568. The van der Waals surface area contributed by atoms with Gasteiger partial charge < -0.3 is 10.2 Å². The Hall–Kier alpha value is -1.22. The monoisotopic (exact) mass is 334 g/mol. The minimum atomic E-state index is 0. The molecule has 0 aromatic heterocycles. The van der Waals surface area contributed by atoms with Gasteiger partial charge in [0.2, 0.25) is 0 Å². The van der Waals surface area contributed by atoms with Gasteiger partial charge in [0.15, 0.2) is 0 Å². The van der Waals surface area contributed by atoms with E-state index in [1.54, 1.807) is 0 Å². The summed E-state index contributed by atoms with van der Waals surface area (Å²) in [5.41, 5.74) is 3.41. The van der Waals surface area contributed by atoms with E-state index in [4.69, 9.17) is 0 Å². The van der Waals surface area contributed by atoms with Crippen LogP contribution >= 0.6 is 12.4 Å². The van der Waals surface area contributed by atoms with Gasteiger partial charge in [-0.3, -0.25) is 4.79 Å². The smallest absolute Gasteiger partial charge is 0.254 e. The molecule has 0 radical (unpaired) electrons. The van der Waals surface area contributed by atoms with Crippen LogP contribution in [0.4, 0.5) is 5.69 Å². The Morgan fingerprint density at radius 1 is 1.09 bits per heavy atom. The highest BCUT2D eigenvalue weighted by Crippen LogP contribution is 2.35. The Morgan fingerprint density at radius 2 is 1.91 bits per heavy atom. The molecular weight excluding hydrogens is 308 g/mol. The lowest BCUT2D eigenvalue weighted by Gasteiger charge is -2.34. The van der Waals surface area contributed by atoms with E-state index in [-0.39, 0.29) is 18.3 Å². The minimum Gasteiger partial charge on any atom is -0.384 e. The summed E-state index contributed by atoms with van der Waals surface area (Å²) >= 11 is 0. The molecule has 0 spiro atoms. The molecule has 2 aliphatic heterocycles. The topological polar surface area (TPSA) is 32.3 Å². The molecule has 1 atom stereocenters. The van der Waals surface area contributed by atoms with E-state index in [9.17, 15) is 4.79 Å². The van der Waals surface area contributed by atoms with Gasteiger partial charge in [0.1, 0.15) is 0 Å². The highest BCUT2D eigenvalue weighted by molar-refractivity contribution is 5.95. The van der Waals surface area contributed by atoms with Crippen LogP contribution in [0.25, 0.3) is 0 Å². The summed E-state index contributed by atoms with van der Waals surface area (Å²) < 4.78 is 0. The van der Waals surface area contributed by atoms with Crippen LogP contribution in [0, 0.1) is 5.92 Å². The van der Waals surface area contributed by atoms with Crippen molar-refractivity contribution >= 4 is 24.0 Å². The maximum absolute atomic E-state index is 13.0. The third-order valence-corrected chi connectivity index (χ3v) is 5.82. The lowest BCUT2D eigenvalue weighted by Crippen LogP contribution is -2.40. The quantitative estimate of drug-likeness (QED) is 0.876. The fraction of sp³-hybridized carbons (Fsp3) is 0.632. The van der Waals surface area contributed by atoms with Crippen LogP contribution in [0.1, 0.15) is 60.9 Å². The maximum Gasteiger partial charge on any atom is 0.254 e. The average Bonchev–Trinajstić information content (AvgIpc) is 3.23. The summed E-state index contributed by atoms with van der Waals surface area (Å²) in [6.45, 7) is 1.96. The zero-order chi connectivity index (χ0) is 14.9. The molecule has 3 aliphatic rings. The Morgan fingerprint density at radius 3 is 2.74 bits per heavy atom. The Kier molecular flexibility index (Phi) is 5.15. The SMILES string of the molecule is Cl.O=C(c1ccc2c(c1)CCN2)N1CCCC1C1CCCCC1. The summed E-state index contributed by atoms with van der Waals surface area (Å²) in [6.07, 6.45) is 10.2. The lowest BCUT2D eigenvalue weighted by molar-refractivity contribution is 0.0661. The molecule has 3 nitrogen and oxygen atoms in total. The highest BCUT2D eigenvalue weighted by atomic mass is 35.5. The number of amides is 1. The summed E-state index contributed by atoms with van der Waals surface area (Å²) in [7, 11) is 0. The molecule has 1 N–H and O–H groups in total. The largest absolute Gasteiger partial charge is 0.384 e. The zero-order valence-electron chi connectivity index (χ0n) is 13.7. The van der Waals surface area contributed by atoms with E-state index in [0.717, 1.165) is 31.0 Å². The molecule has 4 rings (SSSR count). The first kappa shape index (κ1) is 16.6. The maximum atomic E-state index is 13.0. The van der Waals surface area contributed by atoms with Crippen LogP contribution < -0.4 is 5.32 Å². The van der Waals surface area contributed by atoms with E-state index in [1.165, 1.54) is 56.2 Å². The van der Waals surface area contributed by atoms with Gasteiger partial charge in [-0.05, 0) is 61.8 Å². The van der Waals surface area contributed by atoms with Crippen LogP contribution in [-0.2, 0) is 6.42 Å². The van der Waals surface area contributed by atoms with Gasteiger partial charge in [-0.25, -0.2) is 0 Å². The van der Waals surface area contributed by atoms with Crippen molar-refractivity contribution in [1.82, 2.24) is 4.90 Å². The zero-order valence-corrected chi connectivity index (χ0v) is 14.5. The Labute approximate surface area is 145 Å². The molecule has 0 bridgehead atoms. The first-order valence-electron chi connectivity index (χ1n) is 9.01. The van der Waals surface area contributed by atoms with Crippen molar-refractivity contribution in [3.8, 4) is 0 Å². The third-order valence-electron chi connectivity index (χ3n) is 5.82. The average molecular weight is 335 g/mol. The second-order valence-electron chi connectivity index (χ2n) is 7.15. The first-order chi connectivity index (χ1) is 10.8. The summed E-state index contributed by atoms with van der Waals surface area (Å²) in [4.78, 5) is 15.2. The van der Waals surface area contributed by atoms with E-state index in [0.29, 0.717) is 6.04 Å². The summed E-state index contributed by atoms with van der Waals surface area (Å²) in [5, 5.41) is 3.37. The number of halogens is 1. The number of carbonyl (C=O) groups excluding carboxylic acids is 1. The number of hydrogen-bond donors (Lipinski definition) is 1. The number of fused-ring (bicyclic) bond motifs is 1. The van der Waals surface area contributed by atoms with Crippen LogP contribution in [0.2, 0.25) is 0 Å². The van der Waals surface area contributed by atoms with Crippen molar-refractivity contribution in [2.75, 3.05) is 18.4 Å².